The van der Waals surface area contributed by atoms with Gasteiger partial charge in [0.05, 0.1) is 9.99 Å². The molecule has 0 saturated heterocycles. The van der Waals surface area contributed by atoms with E-state index < -0.39 is 0 Å². The average Bonchev–Trinajstić information content (AvgIpc) is 2.41. The van der Waals surface area contributed by atoms with Crippen LogP contribution in [0.1, 0.15) is 0 Å². The van der Waals surface area contributed by atoms with E-state index in [-0.39, 0.29) is 0 Å². The minimum absolute atomic E-state index is 0.571. The Hall–Kier alpha value is -2.01. The zero-order valence-electron chi connectivity index (χ0n) is 9.34. The molecule has 0 bridgehead atoms. The van der Waals surface area contributed by atoms with Crippen molar-refractivity contribution in [1.82, 2.24) is 15.0 Å². The Kier molecular flexibility index (Phi) is 2.90. The summed E-state index contributed by atoms with van der Waals surface area (Å²) in [5.41, 5.74) is 1.91. The Balaban J connectivity index is 1.92. The van der Waals surface area contributed by atoms with Gasteiger partial charge in [-0.25, -0.2) is 9.97 Å². The summed E-state index contributed by atoms with van der Waals surface area (Å²) in [5.74, 6) is 0.571. The molecular formula is C13H9BrN4. The van der Waals surface area contributed by atoms with Crippen molar-refractivity contribution in [2.24, 2.45) is 0 Å². The van der Waals surface area contributed by atoms with Gasteiger partial charge in [-0.2, -0.15) is 0 Å². The summed E-state index contributed by atoms with van der Waals surface area (Å²) in [7, 11) is 0. The smallest absolute Gasteiger partial charge is 0.227 e. The molecule has 0 unspecified atom stereocenters. The van der Waals surface area contributed by atoms with Gasteiger partial charge in [-0.15, -0.1) is 0 Å². The van der Waals surface area contributed by atoms with Gasteiger partial charge in [-0.1, -0.05) is 6.07 Å². The number of nitrogens with one attached hydrogen (secondary N) is 1. The second-order valence-corrected chi connectivity index (χ2v) is 4.68. The molecule has 18 heavy (non-hydrogen) atoms. The molecule has 0 radical (unpaired) electrons. The van der Waals surface area contributed by atoms with E-state index >= 15 is 0 Å². The lowest BCUT2D eigenvalue weighted by Gasteiger charge is -2.05. The van der Waals surface area contributed by atoms with E-state index in [9.17, 15) is 0 Å². The summed E-state index contributed by atoms with van der Waals surface area (Å²) < 4.78 is 0.857. The predicted molar refractivity (Wildman–Crippen MR) is 74.8 cm³/mol. The highest BCUT2D eigenvalue weighted by Crippen LogP contribution is 2.19. The minimum atomic E-state index is 0.571. The van der Waals surface area contributed by atoms with Crippen LogP contribution in [0.2, 0.25) is 0 Å². The summed E-state index contributed by atoms with van der Waals surface area (Å²) in [5, 5.41) is 4.24. The first-order valence-electron chi connectivity index (χ1n) is 5.41. The van der Waals surface area contributed by atoms with Gasteiger partial charge < -0.3 is 5.32 Å². The van der Waals surface area contributed by atoms with E-state index in [1.807, 2.05) is 30.3 Å². The second kappa shape index (κ2) is 4.70. The van der Waals surface area contributed by atoms with Crippen LogP contribution in [0, 0.1) is 0 Å². The van der Waals surface area contributed by atoms with E-state index in [2.05, 4.69) is 36.2 Å². The molecule has 0 aliphatic carbocycles. The number of hydrogen-bond acceptors (Lipinski definition) is 4. The molecule has 0 atom stereocenters. The molecular weight excluding hydrogens is 292 g/mol. The maximum Gasteiger partial charge on any atom is 0.227 e. The Morgan fingerprint density at radius 2 is 1.83 bits per heavy atom. The van der Waals surface area contributed by atoms with Gasteiger partial charge in [0, 0.05) is 29.7 Å². The molecule has 0 spiro atoms. The first-order chi connectivity index (χ1) is 8.81. The lowest BCUT2D eigenvalue weighted by molar-refractivity contribution is 1.15. The number of hydrogen-bond donors (Lipinski definition) is 1. The van der Waals surface area contributed by atoms with Gasteiger partial charge in [0.1, 0.15) is 0 Å². The molecule has 0 aliphatic rings. The van der Waals surface area contributed by atoms with Crippen molar-refractivity contribution >= 4 is 38.5 Å². The van der Waals surface area contributed by atoms with Crippen LogP contribution in [0.5, 0.6) is 0 Å². The van der Waals surface area contributed by atoms with Crippen LogP contribution in [0.4, 0.5) is 11.6 Å². The Bertz CT molecular complexity index is 682. The van der Waals surface area contributed by atoms with Crippen LogP contribution in [0.25, 0.3) is 10.9 Å². The van der Waals surface area contributed by atoms with Crippen LogP contribution in [-0.2, 0) is 0 Å². The highest BCUT2D eigenvalue weighted by molar-refractivity contribution is 9.10. The van der Waals surface area contributed by atoms with E-state index in [0.29, 0.717) is 5.95 Å². The molecule has 2 aromatic heterocycles. The van der Waals surface area contributed by atoms with Gasteiger partial charge in [-0.3, -0.25) is 4.98 Å². The molecule has 88 valence electrons. The van der Waals surface area contributed by atoms with Crippen LogP contribution in [0.3, 0.4) is 0 Å². The average molecular weight is 301 g/mol. The van der Waals surface area contributed by atoms with Crippen molar-refractivity contribution in [1.29, 1.82) is 0 Å². The standard InChI is InChI=1S/C13H9BrN4/c14-10-7-16-13(17-8-10)18-11-3-4-12-9(6-11)2-1-5-15-12/h1-8H,(H,16,17,18). The van der Waals surface area contributed by atoms with Gasteiger partial charge in [0.2, 0.25) is 5.95 Å². The van der Waals surface area contributed by atoms with Gasteiger partial charge in [0.25, 0.3) is 0 Å². The molecule has 0 amide bonds. The highest BCUT2D eigenvalue weighted by atomic mass is 79.9. The summed E-state index contributed by atoms with van der Waals surface area (Å²) in [4.78, 5) is 12.6. The van der Waals surface area contributed by atoms with E-state index in [1.165, 1.54) is 0 Å². The highest BCUT2D eigenvalue weighted by Gasteiger charge is 1.99. The van der Waals surface area contributed by atoms with Crippen molar-refractivity contribution in [3.05, 3.63) is 53.4 Å². The van der Waals surface area contributed by atoms with E-state index in [4.69, 9.17) is 0 Å². The fourth-order valence-corrected chi connectivity index (χ4v) is 1.86. The monoisotopic (exact) mass is 300 g/mol. The number of fused-ring (bicyclic) bond motifs is 1. The normalized spacial score (nSPS) is 10.5. The second-order valence-electron chi connectivity index (χ2n) is 3.76. The fraction of sp³-hybridized carbons (Fsp3) is 0. The third kappa shape index (κ3) is 2.31. The maximum absolute atomic E-state index is 4.28. The molecule has 4 nitrogen and oxygen atoms in total. The fourth-order valence-electron chi connectivity index (χ4n) is 1.66. The SMILES string of the molecule is Brc1cnc(Nc2ccc3ncccc3c2)nc1. The minimum Gasteiger partial charge on any atom is -0.324 e. The molecule has 1 aromatic carbocycles. The summed E-state index contributed by atoms with van der Waals surface area (Å²) in [6.45, 7) is 0. The molecule has 3 aromatic rings. The molecule has 0 fully saturated rings. The summed E-state index contributed by atoms with van der Waals surface area (Å²) >= 11 is 3.30. The summed E-state index contributed by atoms with van der Waals surface area (Å²) in [6, 6.07) is 9.89. The predicted octanol–water partition coefficient (Wildman–Crippen LogP) is 3.53. The van der Waals surface area contributed by atoms with E-state index in [0.717, 1.165) is 21.1 Å². The van der Waals surface area contributed by atoms with Gasteiger partial charge in [0.15, 0.2) is 0 Å². The summed E-state index contributed by atoms with van der Waals surface area (Å²) in [6.07, 6.45) is 5.20. The molecule has 2 heterocycles. The van der Waals surface area contributed by atoms with Gasteiger partial charge in [-0.05, 0) is 40.2 Å². The topological polar surface area (TPSA) is 50.7 Å². The van der Waals surface area contributed by atoms with Crippen molar-refractivity contribution in [2.45, 2.75) is 0 Å². The Morgan fingerprint density at radius 1 is 1.00 bits per heavy atom. The van der Waals surface area contributed by atoms with Crippen LogP contribution >= 0.6 is 15.9 Å². The molecule has 0 saturated carbocycles. The third-order valence-corrected chi connectivity index (χ3v) is 2.89. The lowest BCUT2D eigenvalue weighted by atomic mass is 10.2. The number of benzene rings is 1. The van der Waals surface area contributed by atoms with Crippen molar-refractivity contribution in [2.75, 3.05) is 5.32 Å². The third-order valence-electron chi connectivity index (χ3n) is 2.48. The number of aromatic nitrogens is 3. The van der Waals surface area contributed by atoms with Crippen molar-refractivity contribution in [3.8, 4) is 0 Å². The van der Waals surface area contributed by atoms with Crippen LogP contribution < -0.4 is 5.32 Å². The number of rotatable bonds is 2. The zero-order valence-corrected chi connectivity index (χ0v) is 10.9. The van der Waals surface area contributed by atoms with Crippen LogP contribution in [-0.4, -0.2) is 15.0 Å². The molecule has 0 aliphatic heterocycles. The quantitative estimate of drug-likeness (QED) is 0.786. The van der Waals surface area contributed by atoms with E-state index in [1.54, 1.807) is 18.6 Å². The Labute approximate surface area is 112 Å². The van der Waals surface area contributed by atoms with Crippen molar-refractivity contribution < 1.29 is 0 Å². The zero-order chi connectivity index (χ0) is 12.4. The number of anilines is 2. The maximum atomic E-state index is 4.28. The first kappa shape index (κ1) is 11.1. The molecule has 3 rings (SSSR count). The molecule has 1 N–H and O–H groups in total. The first-order valence-corrected chi connectivity index (χ1v) is 6.20. The lowest BCUT2D eigenvalue weighted by Crippen LogP contribution is -1.96. The largest absolute Gasteiger partial charge is 0.324 e. The number of nitrogens with zero attached hydrogens (tertiary/aromatic N) is 3. The van der Waals surface area contributed by atoms with Gasteiger partial charge >= 0.3 is 0 Å². The molecule has 5 heteroatoms. The van der Waals surface area contributed by atoms with Crippen LogP contribution in [0.15, 0.2) is 53.4 Å². The Morgan fingerprint density at radius 3 is 2.67 bits per heavy atom. The van der Waals surface area contributed by atoms with Crippen molar-refractivity contribution in [3.63, 3.8) is 0 Å². The number of pyridine rings is 1. The number of halogens is 1.